The van der Waals surface area contributed by atoms with Gasteiger partial charge in [-0.1, -0.05) is 37.3 Å². The highest BCUT2D eigenvalue weighted by atomic mass is 32.1. The number of aryl methyl sites for hydroxylation is 2. The second-order valence-corrected chi connectivity index (χ2v) is 8.13. The predicted molar refractivity (Wildman–Crippen MR) is 106 cm³/mol. The Balaban J connectivity index is 1.55. The molecule has 0 unspecified atom stereocenters. The Morgan fingerprint density at radius 1 is 1.20 bits per heavy atom. The van der Waals surface area contributed by atoms with Crippen molar-refractivity contribution in [1.82, 2.24) is 15.2 Å². The number of nitrogens with one attached hydrogen (secondary N) is 1. The van der Waals surface area contributed by atoms with E-state index in [4.69, 9.17) is 4.98 Å². The maximum Gasteiger partial charge on any atom is 0.222 e. The monoisotopic (exact) mass is 360 g/mol. The molecule has 0 saturated carbocycles. The molecule has 0 radical (unpaired) electrons. The molecule has 0 bridgehead atoms. The van der Waals surface area contributed by atoms with Gasteiger partial charge in [-0.25, -0.2) is 4.98 Å². The Kier molecular flexibility index (Phi) is 5.59. The average molecular weight is 361 g/mol. The summed E-state index contributed by atoms with van der Waals surface area (Å²) >= 11 is 1.81. The molecule has 1 aliphatic heterocycles. The number of anilines is 1. The van der Waals surface area contributed by atoms with E-state index in [1.54, 1.807) is 0 Å². The van der Waals surface area contributed by atoms with Gasteiger partial charge in [-0.15, -0.1) is 0 Å². The summed E-state index contributed by atoms with van der Waals surface area (Å²) in [6.07, 6.45) is 0. The number of carbonyl (C=O) groups excluding carboxylic acids is 1. The minimum absolute atomic E-state index is 0.0581. The molecular formula is C19H28N4OS. The molecule has 1 saturated heterocycles. The van der Waals surface area contributed by atoms with E-state index >= 15 is 0 Å². The van der Waals surface area contributed by atoms with Crippen LogP contribution in [0.2, 0.25) is 0 Å². The van der Waals surface area contributed by atoms with Crippen molar-refractivity contribution in [2.75, 3.05) is 44.2 Å². The molecule has 25 heavy (non-hydrogen) atoms. The maximum absolute atomic E-state index is 11.6. The van der Waals surface area contributed by atoms with Crippen LogP contribution in [0.3, 0.4) is 0 Å². The largest absolute Gasteiger partial charge is 0.355 e. The molecule has 1 aliphatic rings. The molecule has 1 N–H and O–H groups in total. The maximum atomic E-state index is 11.6. The molecule has 1 aromatic carbocycles. The van der Waals surface area contributed by atoms with Gasteiger partial charge in [0, 0.05) is 45.2 Å². The van der Waals surface area contributed by atoms with E-state index in [9.17, 15) is 4.79 Å². The summed E-state index contributed by atoms with van der Waals surface area (Å²) in [5.74, 6) is 0.196. The summed E-state index contributed by atoms with van der Waals surface area (Å²) in [6.45, 7) is 13.8. The molecule has 3 rings (SSSR count). The zero-order chi connectivity index (χ0) is 18.0. The summed E-state index contributed by atoms with van der Waals surface area (Å²) < 4.78 is 1.31. The van der Waals surface area contributed by atoms with Gasteiger partial charge in [0.15, 0.2) is 5.13 Å². The number of hydrogen-bond acceptors (Lipinski definition) is 5. The number of aromatic nitrogens is 1. The lowest BCUT2D eigenvalue weighted by molar-refractivity contribution is -0.124. The molecule has 0 aliphatic carbocycles. The third-order valence-corrected chi connectivity index (χ3v) is 6.08. The first-order valence-corrected chi connectivity index (χ1v) is 9.89. The number of fused-ring (bicyclic) bond motifs is 1. The second-order valence-electron chi connectivity index (χ2n) is 7.15. The normalized spacial score (nSPS) is 16.0. The average Bonchev–Trinajstić information content (AvgIpc) is 3.05. The number of nitrogens with zero attached hydrogens (tertiary/aromatic N) is 3. The van der Waals surface area contributed by atoms with Crippen LogP contribution in [0.1, 0.15) is 25.0 Å². The van der Waals surface area contributed by atoms with Crippen LogP contribution in [0.4, 0.5) is 5.13 Å². The van der Waals surface area contributed by atoms with Gasteiger partial charge in [0.1, 0.15) is 0 Å². The van der Waals surface area contributed by atoms with Gasteiger partial charge in [-0.3, -0.25) is 9.69 Å². The lowest BCUT2D eigenvalue weighted by Gasteiger charge is -2.34. The zero-order valence-corrected chi connectivity index (χ0v) is 16.4. The van der Waals surface area contributed by atoms with Gasteiger partial charge in [0.25, 0.3) is 0 Å². The smallest absolute Gasteiger partial charge is 0.222 e. The van der Waals surface area contributed by atoms with E-state index < -0.39 is 0 Å². The first-order valence-electron chi connectivity index (χ1n) is 9.07. The van der Waals surface area contributed by atoms with Crippen LogP contribution in [-0.4, -0.2) is 55.1 Å². The molecule has 0 spiro atoms. The fraction of sp³-hybridized carbons (Fsp3) is 0.579. The van der Waals surface area contributed by atoms with Crippen molar-refractivity contribution in [1.29, 1.82) is 0 Å². The van der Waals surface area contributed by atoms with Crippen molar-refractivity contribution in [2.24, 2.45) is 5.92 Å². The summed E-state index contributed by atoms with van der Waals surface area (Å²) in [6, 6.07) is 4.34. The van der Waals surface area contributed by atoms with E-state index in [0.717, 1.165) is 49.9 Å². The van der Waals surface area contributed by atoms with Crippen LogP contribution in [0, 0.1) is 19.8 Å². The van der Waals surface area contributed by atoms with Gasteiger partial charge in [-0.05, 0) is 25.0 Å². The second kappa shape index (κ2) is 7.70. The first kappa shape index (κ1) is 18.1. The van der Waals surface area contributed by atoms with Crippen LogP contribution < -0.4 is 10.2 Å². The lowest BCUT2D eigenvalue weighted by Crippen LogP contribution is -2.48. The summed E-state index contributed by atoms with van der Waals surface area (Å²) in [4.78, 5) is 21.3. The van der Waals surface area contributed by atoms with E-state index in [-0.39, 0.29) is 11.8 Å². The Morgan fingerprint density at radius 3 is 2.52 bits per heavy atom. The molecule has 1 aromatic heterocycles. The highest BCUT2D eigenvalue weighted by molar-refractivity contribution is 7.22. The van der Waals surface area contributed by atoms with Crippen LogP contribution in [0.25, 0.3) is 10.2 Å². The van der Waals surface area contributed by atoms with E-state index in [1.165, 1.54) is 15.8 Å². The van der Waals surface area contributed by atoms with Crippen molar-refractivity contribution in [2.45, 2.75) is 27.7 Å². The standard InChI is InChI=1S/C19H28N4OS/c1-13(2)18(24)20-7-8-22-9-11-23(12-10-22)19-21-16-14(3)5-6-15(4)17(16)25-19/h5-6,13H,7-12H2,1-4H3,(H,20,24). The molecule has 6 heteroatoms. The van der Waals surface area contributed by atoms with Crippen LogP contribution in [0.15, 0.2) is 12.1 Å². The van der Waals surface area contributed by atoms with Crippen molar-refractivity contribution in [3.8, 4) is 0 Å². The van der Waals surface area contributed by atoms with Gasteiger partial charge in [-0.2, -0.15) is 0 Å². The molecule has 2 aromatic rings. The fourth-order valence-electron chi connectivity index (χ4n) is 3.09. The minimum atomic E-state index is 0.0581. The molecule has 0 atom stereocenters. The minimum Gasteiger partial charge on any atom is -0.355 e. The molecular weight excluding hydrogens is 332 g/mol. The fourth-order valence-corrected chi connectivity index (χ4v) is 4.25. The Bertz CT molecular complexity index is 708. The third kappa shape index (κ3) is 4.12. The van der Waals surface area contributed by atoms with Crippen LogP contribution in [0.5, 0.6) is 0 Å². The van der Waals surface area contributed by atoms with Crippen molar-refractivity contribution in [3.05, 3.63) is 23.3 Å². The number of piperazine rings is 1. The number of amides is 1. The van der Waals surface area contributed by atoms with Gasteiger partial charge >= 0.3 is 0 Å². The SMILES string of the molecule is Cc1ccc(C)c2sc(N3CCN(CCNC(=O)C(C)C)CC3)nc12. The third-order valence-electron chi connectivity index (χ3n) is 4.83. The predicted octanol–water partition coefficient (Wildman–Crippen LogP) is 2.81. The molecule has 1 amide bonds. The molecule has 1 fully saturated rings. The van der Waals surface area contributed by atoms with Gasteiger partial charge in [0.2, 0.25) is 5.91 Å². The Labute approximate surface area is 154 Å². The topological polar surface area (TPSA) is 48.5 Å². The van der Waals surface area contributed by atoms with E-state index in [2.05, 4.69) is 41.1 Å². The Hall–Kier alpha value is -1.66. The number of carbonyl (C=O) groups is 1. The van der Waals surface area contributed by atoms with Crippen LogP contribution in [-0.2, 0) is 4.79 Å². The number of thiazole rings is 1. The first-order chi connectivity index (χ1) is 12.0. The van der Waals surface area contributed by atoms with E-state index in [1.807, 2.05) is 25.2 Å². The summed E-state index contributed by atoms with van der Waals surface area (Å²) in [5.41, 5.74) is 3.71. The quantitative estimate of drug-likeness (QED) is 0.891. The lowest BCUT2D eigenvalue weighted by atomic mass is 10.1. The molecule has 5 nitrogen and oxygen atoms in total. The molecule has 136 valence electrons. The summed E-state index contributed by atoms with van der Waals surface area (Å²) in [7, 11) is 0. The number of hydrogen-bond donors (Lipinski definition) is 1. The van der Waals surface area contributed by atoms with Crippen LogP contribution >= 0.6 is 11.3 Å². The highest BCUT2D eigenvalue weighted by Gasteiger charge is 2.20. The highest BCUT2D eigenvalue weighted by Crippen LogP contribution is 2.33. The number of benzene rings is 1. The number of rotatable bonds is 5. The Morgan fingerprint density at radius 2 is 1.88 bits per heavy atom. The van der Waals surface area contributed by atoms with E-state index in [0.29, 0.717) is 0 Å². The van der Waals surface area contributed by atoms with Crippen molar-refractivity contribution in [3.63, 3.8) is 0 Å². The summed E-state index contributed by atoms with van der Waals surface area (Å²) in [5, 5.41) is 4.14. The molecule has 2 heterocycles. The van der Waals surface area contributed by atoms with Gasteiger partial charge < -0.3 is 10.2 Å². The zero-order valence-electron chi connectivity index (χ0n) is 15.6. The van der Waals surface area contributed by atoms with Crippen molar-refractivity contribution < 1.29 is 4.79 Å². The van der Waals surface area contributed by atoms with Gasteiger partial charge in [0.05, 0.1) is 10.2 Å². The van der Waals surface area contributed by atoms with Crippen molar-refractivity contribution >= 4 is 32.6 Å².